The number of H-pyrrole nitrogens is 4. The lowest BCUT2D eigenvalue weighted by Crippen LogP contribution is -2.44. The number of benzene rings is 6. The molecule has 0 unspecified atom stereocenters. The molecule has 2 aliphatic rings. The fraction of sp³-hybridized carbons (Fsp3) is 0.344. The number of ether oxygens (including phenoxy) is 2. The minimum Gasteiger partial charge on any atom is -0.494 e. The zero-order chi connectivity index (χ0) is 55.8. The van der Waals surface area contributed by atoms with Crippen LogP contribution in [0.4, 0.5) is 11.4 Å². The molecule has 6 heterocycles. The van der Waals surface area contributed by atoms with Gasteiger partial charge in [0.25, 0.3) is 0 Å². The van der Waals surface area contributed by atoms with Gasteiger partial charge in [-0.05, 0) is 137 Å². The molecule has 422 valence electrons. The second-order valence-corrected chi connectivity index (χ2v) is 21.9. The third kappa shape index (κ3) is 13.0. The zero-order valence-electron chi connectivity index (χ0n) is 46.9. The number of amides is 2. The molecular weight excluding hydrogens is 1030 g/mol. The number of nitrogens with one attached hydrogen (secondary N) is 6. The van der Waals surface area contributed by atoms with Crippen LogP contribution in [-0.2, 0) is 9.59 Å². The molecular formula is C64H72N14O4. The number of aromatic nitrogens is 8. The highest BCUT2D eigenvalue weighted by Gasteiger charge is 2.19. The fourth-order valence-corrected chi connectivity index (χ4v) is 10.9. The van der Waals surface area contributed by atoms with Gasteiger partial charge in [-0.1, -0.05) is 37.1 Å². The molecule has 2 amide bonds. The number of fused-ring (bicyclic) bond motifs is 4. The van der Waals surface area contributed by atoms with Crippen LogP contribution >= 0.6 is 0 Å². The summed E-state index contributed by atoms with van der Waals surface area (Å²) in [6.45, 7) is 10.5. The first-order valence-corrected chi connectivity index (χ1v) is 29.1. The predicted molar refractivity (Wildman–Crippen MR) is 327 cm³/mol. The van der Waals surface area contributed by atoms with Crippen LogP contribution in [0.15, 0.2) is 121 Å². The highest BCUT2D eigenvalue weighted by Crippen LogP contribution is 2.32. The lowest BCUT2D eigenvalue weighted by molar-refractivity contribution is -0.122. The van der Waals surface area contributed by atoms with Gasteiger partial charge in [0, 0.05) is 112 Å². The molecule has 0 spiro atoms. The van der Waals surface area contributed by atoms with E-state index < -0.39 is 0 Å². The molecule has 0 atom stereocenters. The summed E-state index contributed by atoms with van der Waals surface area (Å²) in [7, 11) is 4.35. The van der Waals surface area contributed by atoms with Gasteiger partial charge in [0.1, 0.15) is 34.8 Å². The molecule has 2 aliphatic heterocycles. The number of likely N-dealkylation sites (N-methyl/N-ethyl adjacent to an activating group) is 2. The maximum Gasteiger partial charge on any atom is 0.220 e. The summed E-state index contributed by atoms with van der Waals surface area (Å²) in [5, 5.41) is 6.08. The molecule has 0 saturated carbocycles. The minimum absolute atomic E-state index is 0.0250. The predicted octanol–water partition coefficient (Wildman–Crippen LogP) is 10.2. The molecule has 0 bridgehead atoms. The SMILES string of the molecule is CN1CCN(c2ccc3nc(-c4ccc5nc(-c6cccc(OCCCC(=O)NCCCCCCNC(=O)CCCOc7cccc(-c8nc9ccc(-c%10nc%11ccc(N%12CCN(C)CC%12)cc%11[nH]%10)cc9[nH]8)c7)c6)[nH]c5c4)[nH]c3c2)CC1. The third-order valence-corrected chi connectivity index (χ3v) is 15.8. The average molecular weight is 1100 g/mol. The second-order valence-electron chi connectivity index (χ2n) is 21.9. The van der Waals surface area contributed by atoms with Crippen molar-refractivity contribution >= 4 is 67.3 Å². The summed E-state index contributed by atoms with van der Waals surface area (Å²) in [5.74, 6) is 4.67. The van der Waals surface area contributed by atoms with Crippen LogP contribution in [0, 0.1) is 0 Å². The first-order chi connectivity index (χ1) is 40.2. The molecule has 82 heavy (non-hydrogen) atoms. The number of carbonyl (C=O) groups excluding carboxylic acids is 2. The van der Waals surface area contributed by atoms with E-state index in [0.717, 1.165) is 179 Å². The molecule has 6 aromatic carbocycles. The fourth-order valence-electron chi connectivity index (χ4n) is 10.9. The number of carbonyl (C=O) groups is 2. The van der Waals surface area contributed by atoms with Crippen LogP contribution < -0.4 is 29.9 Å². The molecule has 2 saturated heterocycles. The van der Waals surface area contributed by atoms with Crippen molar-refractivity contribution in [2.75, 3.05) is 103 Å². The maximum atomic E-state index is 12.6. The monoisotopic (exact) mass is 1100 g/mol. The van der Waals surface area contributed by atoms with E-state index in [0.29, 0.717) is 52.0 Å². The van der Waals surface area contributed by atoms with Gasteiger partial charge in [0.15, 0.2) is 0 Å². The molecule has 6 N–H and O–H groups in total. The van der Waals surface area contributed by atoms with Gasteiger partial charge >= 0.3 is 0 Å². The summed E-state index contributed by atoms with van der Waals surface area (Å²) in [6, 6.07) is 41.0. The van der Waals surface area contributed by atoms with Crippen LogP contribution in [0.5, 0.6) is 11.5 Å². The number of hydrogen-bond donors (Lipinski definition) is 6. The standard InChI is InChI=1S/C64H72N14O4/c1-75-27-31-77(32-28-75)47-19-23-53-57(41-47)73-63(69-53)45-17-21-51-55(39-45)71-61(67-51)43-11-7-13-49(37-43)81-35-9-15-59(79)65-25-5-3-4-6-26-66-60(80)16-10-36-82-50-14-8-12-44(38-50)62-68-52-22-18-46(40-56(52)72-62)64-70-54-24-20-48(42-58(54)74-64)78-33-29-76(2)30-34-78/h7-8,11-14,17-24,37-42H,3-6,9-10,15-16,25-36H2,1-2H3,(H,65,79)(H,66,80)(H,67,71)(H,68,72)(H,69,73)(H,70,74). The largest absolute Gasteiger partial charge is 0.494 e. The van der Waals surface area contributed by atoms with Crippen LogP contribution in [0.1, 0.15) is 51.4 Å². The van der Waals surface area contributed by atoms with E-state index in [1.165, 1.54) is 11.4 Å². The van der Waals surface area contributed by atoms with E-state index in [1.807, 2.05) is 60.7 Å². The number of rotatable bonds is 23. The van der Waals surface area contributed by atoms with Crippen molar-refractivity contribution in [1.29, 1.82) is 0 Å². The Labute approximate surface area is 477 Å². The van der Waals surface area contributed by atoms with Gasteiger partial charge in [-0.15, -0.1) is 0 Å². The van der Waals surface area contributed by atoms with Crippen molar-refractivity contribution < 1.29 is 19.1 Å². The van der Waals surface area contributed by atoms with Gasteiger partial charge in [0.2, 0.25) is 11.8 Å². The van der Waals surface area contributed by atoms with E-state index in [9.17, 15) is 9.59 Å². The number of nitrogens with zero attached hydrogens (tertiary/aromatic N) is 8. The summed E-state index contributed by atoms with van der Waals surface area (Å²) in [4.78, 5) is 68.4. The molecule has 2 fully saturated rings. The van der Waals surface area contributed by atoms with E-state index in [-0.39, 0.29) is 11.8 Å². The van der Waals surface area contributed by atoms with Gasteiger partial charge in [-0.25, -0.2) is 19.9 Å². The average Bonchev–Trinajstić information content (AvgIpc) is 4.54. The van der Waals surface area contributed by atoms with Crippen molar-refractivity contribution in [1.82, 2.24) is 60.3 Å². The van der Waals surface area contributed by atoms with Gasteiger partial charge in [-0.3, -0.25) is 9.59 Å². The normalized spacial score (nSPS) is 14.4. The number of aromatic amines is 4. The first kappa shape index (κ1) is 53.9. The Morgan fingerprint density at radius 3 is 1.20 bits per heavy atom. The molecule has 0 radical (unpaired) electrons. The Morgan fingerprint density at radius 1 is 0.427 bits per heavy atom. The topological polar surface area (TPSA) is 204 Å². The zero-order valence-corrected chi connectivity index (χ0v) is 46.9. The maximum absolute atomic E-state index is 12.6. The number of piperazine rings is 2. The number of hydrogen-bond acceptors (Lipinski definition) is 12. The van der Waals surface area contributed by atoms with E-state index >= 15 is 0 Å². The summed E-state index contributed by atoms with van der Waals surface area (Å²) in [6.07, 6.45) is 5.74. The number of unbranched alkanes of at least 4 members (excludes halogenated alkanes) is 3. The van der Waals surface area contributed by atoms with Gasteiger partial charge in [-0.2, -0.15) is 0 Å². The van der Waals surface area contributed by atoms with Crippen LogP contribution in [0.2, 0.25) is 0 Å². The second kappa shape index (κ2) is 25.0. The molecule has 18 heteroatoms. The van der Waals surface area contributed by atoms with Crippen molar-refractivity contribution in [3.05, 3.63) is 121 Å². The van der Waals surface area contributed by atoms with E-state index in [2.05, 4.69) is 125 Å². The minimum atomic E-state index is 0.0250. The summed E-state index contributed by atoms with van der Waals surface area (Å²) < 4.78 is 12.1. The van der Waals surface area contributed by atoms with Crippen LogP contribution in [-0.4, -0.2) is 154 Å². The smallest absolute Gasteiger partial charge is 0.220 e. The van der Waals surface area contributed by atoms with Crippen LogP contribution in [0.25, 0.3) is 89.7 Å². The Kier molecular flexibility index (Phi) is 16.4. The van der Waals surface area contributed by atoms with E-state index in [4.69, 9.17) is 29.4 Å². The lowest BCUT2D eigenvalue weighted by atomic mass is 10.2. The molecule has 4 aromatic heterocycles. The van der Waals surface area contributed by atoms with Crippen molar-refractivity contribution in [3.8, 4) is 57.1 Å². The van der Waals surface area contributed by atoms with Crippen LogP contribution in [0.3, 0.4) is 0 Å². The Morgan fingerprint density at radius 2 is 0.793 bits per heavy atom. The van der Waals surface area contributed by atoms with Crippen molar-refractivity contribution in [2.24, 2.45) is 0 Å². The number of imidazole rings is 4. The third-order valence-electron chi connectivity index (χ3n) is 15.8. The van der Waals surface area contributed by atoms with E-state index in [1.54, 1.807) is 0 Å². The molecule has 12 rings (SSSR count). The highest BCUT2D eigenvalue weighted by atomic mass is 16.5. The molecule has 18 nitrogen and oxygen atoms in total. The van der Waals surface area contributed by atoms with Gasteiger partial charge < -0.3 is 59.6 Å². The highest BCUT2D eigenvalue weighted by molar-refractivity contribution is 5.89. The number of anilines is 2. The van der Waals surface area contributed by atoms with Gasteiger partial charge in [0.05, 0.1) is 57.3 Å². The first-order valence-electron chi connectivity index (χ1n) is 29.1. The Bertz CT molecular complexity index is 3580. The molecule has 10 aromatic rings. The Hall–Kier alpha value is -8.74. The molecule has 0 aliphatic carbocycles. The summed E-state index contributed by atoms with van der Waals surface area (Å²) in [5.41, 5.74) is 13.8. The van der Waals surface area contributed by atoms with Crippen molar-refractivity contribution in [2.45, 2.75) is 51.4 Å². The summed E-state index contributed by atoms with van der Waals surface area (Å²) >= 11 is 0. The Balaban J connectivity index is 0.507. The van der Waals surface area contributed by atoms with Crippen molar-refractivity contribution in [3.63, 3.8) is 0 Å². The quantitative estimate of drug-likeness (QED) is 0.0331. The lowest BCUT2D eigenvalue weighted by Gasteiger charge is -2.34.